The van der Waals surface area contributed by atoms with Crippen molar-refractivity contribution in [2.75, 3.05) is 13.1 Å². The molecule has 0 spiro atoms. The Kier molecular flexibility index (Phi) is 4.15. The van der Waals surface area contributed by atoms with Crippen molar-refractivity contribution in [1.82, 2.24) is 5.32 Å². The molecule has 4 heteroatoms. The fraction of sp³-hybridized carbons (Fsp3) is 0.333. The lowest BCUT2D eigenvalue weighted by atomic mass is 10.2. The van der Waals surface area contributed by atoms with E-state index in [0.29, 0.717) is 13.1 Å². The van der Waals surface area contributed by atoms with Crippen LogP contribution >= 0.6 is 11.6 Å². The predicted molar refractivity (Wildman–Crippen MR) is 52.2 cm³/mol. The molecule has 0 aliphatic heterocycles. The molecular formula is C9H12ClFN2. The maximum absolute atomic E-state index is 12.9. The van der Waals surface area contributed by atoms with Crippen LogP contribution in [-0.2, 0) is 6.54 Å². The lowest BCUT2D eigenvalue weighted by Crippen LogP contribution is -2.21. The second-order valence-electron chi connectivity index (χ2n) is 2.71. The van der Waals surface area contributed by atoms with Crippen molar-refractivity contribution in [1.29, 1.82) is 0 Å². The molecule has 0 atom stereocenters. The van der Waals surface area contributed by atoms with E-state index in [2.05, 4.69) is 5.32 Å². The summed E-state index contributed by atoms with van der Waals surface area (Å²) >= 11 is 5.53. The maximum atomic E-state index is 12.9. The van der Waals surface area contributed by atoms with Gasteiger partial charge in [-0.25, -0.2) is 4.39 Å². The van der Waals surface area contributed by atoms with Crippen LogP contribution in [0.4, 0.5) is 4.39 Å². The summed E-state index contributed by atoms with van der Waals surface area (Å²) in [5, 5.41) is 3.22. The van der Waals surface area contributed by atoms with E-state index in [9.17, 15) is 4.39 Å². The molecular weight excluding hydrogens is 191 g/mol. The number of hydrogen-bond donors (Lipinski definition) is 2. The average Bonchev–Trinajstić information content (AvgIpc) is 2.12. The second-order valence-corrected chi connectivity index (χ2v) is 3.12. The van der Waals surface area contributed by atoms with Crippen molar-refractivity contribution in [3.63, 3.8) is 0 Å². The van der Waals surface area contributed by atoms with Gasteiger partial charge in [0.05, 0.1) is 5.02 Å². The Morgan fingerprint density at radius 1 is 1.46 bits per heavy atom. The third-order valence-corrected chi connectivity index (χ3v) is 1.94. The molecule has 0 bridgehead atoms. The van der Waals surface area contributed by atoms with Gasteiger partial charge in [0.15, 0.2) is 0 Å². The normalized spacial score (nSPS) is 10.4. The van der Waals surface area contributed by atoms with Gasteiger partial charge in [0.25, 0.3) is 0 Å². The van der Waals surface area contributed by atoms with Gasteiger partial charge in [0, 0.05) is 19.6 Å². The smallest absolute Gasteiger partial charge is 0.142 e. The van der Waals surface area contributed by atoms with E-state index in [1.54, 1.807) is 12.1 Å². The zero-order valence-corrected chi connectivity index (χ0v) is 7.94. The molecule has 2 nitrogen and oxygen atoms in total. The predicted octanol–water partition coefficient (Wildman–Crippen LogP) is 1.53. The van der Waals surface area contributed by atoms with Crippen LogP contribution in [0.1, 0.15) is 5.56 Å². The number of nitrogens with one attached hydrogen (secondary N) is 1. The van der Waals surface area contributed by atoms with E-state index in [1.807, 2.05) is 0 Å². The lowest BCUT2D eigenvalue weighted by molar-refractivity contribution is 0.621. The summed E-state index contributed by atoms with van der Waals surface area (Å²) in [4.78, 5) is 0. The molecule has 1 aromatic carbocycles. The number of rotatable bonds is 4. The molecule has 72 valence electrons. The van der Waals surface area contributed by atoms with Crippen molar-refractivity contribution in [3.05, 3.63) is 34.6 Å². The second kappa shape index (κ2) is 5.17. The molecule has 0 unspecified atom stereocenters. The highest BCUT2D eigenvalue weighted by molar-refractivity contribution is 6.30. The molecule has 0 saturated heterocycles. The molecule has 0 radical (unpaired) electrons. The first kappa shape index (κ1) is 10.4. The first-order valence-corrected chi connectivity index (χ1v) is 4.46. The monoisotopic (exact) mass is 202 g/mol. The summed E-state index contributed by atoms with van der Waals surface area (Å²) in [6.45, 7) is 1.92. The van der Waals surface area contributed by atoms with Crippen LogP contribution in [-0.4, -0.2) is 13.1 Å². The third-order valence-electron chi connectivity index (χ3n) is 1.63. The SMILES string of the molecule is NCCNCc1ccc(Cl)c(F)c1. The Hall–Kier alpha value is -0.640. The van der Waals surface area contributed by atoms with E-state index in [-0.39, 0.29) is 10.8 Å². The minimum Gasteiger partial charge on any atom is -0.329 e. The zero-order valence-electron chi connectivity index (χ0n) is 7.19. The van der Waals surface area contributed by atoms with Gasteiger partial charge < -0.3 is 11.1 Å². The van der Waals surface area contributed by atoms with Crippen LogP contribution in [0.5, 0.6) is 0 Å². The molecule has 13 heavy (non-hydrogen) atoms. The first-order chi connectivity index (χ1) is 6.24. The van der Waals surface area contributed by atoms with Gasteiger partial charge in [-0.05, 0) is 17.7 Å². The van der Waals surface area contributed by atoms with Gasteiger partial charge in [-0.2, -0.15) is 0 Å². The van der Waals surface area contributed by atoms with Gasteiger partial charge in [-0.15, -0.1) is 0 Å². The molecule has 0 heterocycles. The standard InChI is InChI=1S/C9H12ClFN2/c10-8-2-1-7(5-9(8)11)6-13-4-3-12/h1-2,5,13H,3-4,6,12H2. The van der Waals surface area contributed by atoms with E-state index in [0.717, 1.165) is 12.1 Å². The third kappa shape index (κ3) is 3.30. The van der Waals surface area contributed by atoms with Crippen molar-refractivity contribution >= 4 is 11.6 Å². The van der Waals surface area contributed by atoms with Gasteiger partial charge in [-0.3, -0.25) is 0 Å². The molecule has 1 rings (SSSR count). The van der Waals surface area contributed by atoms with Crippen LogP contribution in [0.3, 0.4) is 0 Å². The molecule has 0 fully saturated rings. The minimum atomic E-state index is -0.381. The molecule has 3 N–H and O–H groups in total. The van der Waals surface area contributed by atoms with Gasteiger partial charge in [-0.1, -0.05) is 17.7 Å². The quantitative estimate of drug-likeness (QED) is 0.727. The summed E-state index contributed by atoms with van der Waals surface area (Å²) < 4.78 is 12.9. The first-order valence-electron chi connectivity index (χ1n) is 4.08. The Morgan fingerprint density at radius 3 is 2.85 bits per heavy atom. The van der Waals surface area contributed by atoms with E-state index in [1.165, 1.54) is 6.07 Å². The molecule has 0 aromatic heterocycles. The number of benzene rings is 1. The minimum absolute atomic E-state index is 0.155. The molecule has 1 aromatic rings. The molecule has 0 amide bonds. The fourth-order valence-corrected chi connectivity index (χ4v) is 1.10. The summed E-state index contributed by atoms with van der Waals surface area (Å²) in [5.41, 5.74) is 6.16. The Morgan fingerprint density at radius 2 is 2.23 bits per heavy atom. The van der Waals surface area contributed by atoms with Crippen molar-refractivity contribution in [2.45, 2.75) is 6.54 Å². The summed E-state index contributed by atoms with van der Waals surface area (Å²) in [6, 6.07) is 4.76. The van der Waals surface area contributed by atoms with Crippen LogP contribution in [0.25, 0.3) is 0 Å². The highest BCUT2D eigenvalue weighted by Gasteiger charge is 1.99. The maximum Gasteiger partial charge on any atom is 0.142 e. The molecule has 0 aliphatic carbocycles. The summed E-state index contributed by atoms with van der Waals surface area (Å²) in [5.74, 6) is -0.381. The number of halogens is 2. The van der Waals surface area contributed by atoms with Crippen molar-refractivity contribution < 1.29 is 4.39 Å². The molecule has 0 saturated carbocycles. The highest BCUT2D eigenvalue weighted by Crippen LogP contribution is 2.15. The summed E-state index contributed by atoms with van der Waals surface area (Å²) in [6.07, 6.45) is 0. The van der Waals surface area contributed by atoms with Crippen LogP contribution < -0.4 is 11.1 Å². The van der Waals surface area contributed by atoms with Gasteiger partial charge >= 0.3 is 0 Å². The highest BCUT2D eigenvalue weighted by atomic mass is 35.5. The average molecular weight is 203 g/mol. The molecule has 0 aliphatic rings. The Balaban J connectivity index is 2.53. The van der Waals surface area contributed by atoms with E-state index in [4.69, 9.17) is 17.3 Å². The van der Waals surface area contributed by atoms with Crippen molar-refractivity contribution in [3.8, 4) is 0 Å². The van der Waals surface area contributed by atoms with Crippen LogP contribution in [0, 0.1) is 5.82 Å². The summed E-state index contributed by atoms with van der Waals surface area (Å²) in [7, 11) is 0. The zero-order chi connectivity index (χ0) is 9.68. The van der Waals surface area contributed by atoms with Gasteiger partial charge in [0.2, 0.25) is 0 Å². The number of hydrogen-bond acceptors (Lipinski definition) is 2. The Bertz CT molecular complexity index is 278. The van der Waals surface area contributed by atoms with Gasteiger partial charge in [0.1, 0.15) is 5.82 Å². The Labute approximate surface area is 81.9 Å². The fourth-order valence-electron chi connectivity index (χ4n) is 0.984. The van der Waals surface area contributed by atoms with E-state index < -0.39 is 0 Å². The van der Waals surface area contributed by atoms with E-state index >= 15 is 0 Å². The van der Waals surface area contributed by atoms with Crippen LogP contribution in [0.2, 0.25) is 5.02 Å². The number of nitrogens with two attached hydrogens (primary N) is 1. The van der Waals surface area contributed by atoms with Crippen molar-refractivity contribution in [2.24, 2.45) is 5.73 Å². The largest absolute Gasteiger partial charge is 0.329 e. The topological polar surface area (TPSA) is 38.0 Å². The lowest BCUT2D eigenvalue weighted by Gasteiger charge is -2.03. The van der Waals surface area contributed by atoms with Crippen LogP contribution in [0.15, 0.2) is 18.2 Å².